The van der Waals surface area contributed by atoms with Crippen LogP contribution in [-0.4, -0.2) is 21.8 Å². The van der Waals surface area contributed by atoms with Crippen LogP contribution in [0.4, 0.5) is 5.69 Å². The van der Waals surface area contributed by atoms with Crippen LogP contribution in [0.3, 0.4) is 0 Å². The third-order valence-electron chi connectivity index (χ3n) is 2.90. The third kappa shape index (κ3) is 3.32. The second-order valence-electron chi connectivity index (χ2n) is 4.40. The van der Waals surface area contributed by atoms with Gasteiger partial charge in [0.1, 0.15) is 0 Å². The molecule has 0 saturated heterocycles. The van der Waals surface area contributed by atoms with E-state index >= 15 is 0 Å². The highest BCUT2D eigenvalue weighted by Crippen LogP contribution is 2.37. The molecule has 7 heteroatoms. The number of nitrogens with zero attached hydrogens (tertiary/aromatic N) is 1. The first-order chi connectivity index (χ1) is 10.4. The summed E-state index contributed by atoms with van der Waals surface area (Å²) >= 11 is 0.984. The highest BCUT2D eigenvalue weighted by molar-refractivity contribution is 7.99. The first kappa shape index (κ1) is 15.7. The zero-order valence-electron chi connectivity index (χ0n) is 11.5. The van der Waals surface area contributed by atoms with E-state index in [-0.39, 0.29) is 27.5 Å². The summed E-state index contributed by atoms with van der Waals surface area (Å²) in [5, 5.41) is 20.3. The van der Waals surface area contributed by atoms with Gasteiger partial charge in [0.25, 0.3) is 5.69 Å². The summed E-state index contributed by atoms with van der Waals surface area (Å²) in [7, 11) is 0. The minimum Gasteiger partial charge on any atom is -0.478 e. The van der Waals surface area contributed by atoms with Crippen LogP contribution in [0.5, 0.6) is 0 Å². The monoisotopic (exact) mass is 317 g/mol. The number of hydrogen-bond donors (Lipinski definition) is 1. The van der Waals surface area contributed by atoms with Gasteiger partial charge in [0, 0.05) is 16.5 Å². The highest BCUT2D eigenvalue weighted by atomic mass is 32.2. The standard InChI is InChI=1S/C15H11NO5S/c1-9(17)10-6-7-14(12(8-10)16(20)21)22-13-5-3-2-4-11(13)15(18)19/h2-8H,1H3,(H,18,19). The molecule has 0 amide bonds. The molecule has 2 rings (SSSR count). The quantitative estimate of drug-likeness (QED) is 0.513. The number of carboxylic acids is 1. The topological polar surface area (TPSA) is 97.5 Å². The summed E-state index contributed by atoms with van der Waals surface area (Å²) in [5.74, 6) is -1.38. The molecule has 0 atom stereocenters. The molecular formula is C15H11NO5S. The zero-order valence-corrected chi connectivity index (χ0v) is 12.3. The number of rotatable bonds is 5. The maximum Gasteiger partial charge on any atom is 0.336 e. The van der Waals surface area contributed by atoms with Crippen molar-refractivity contribution in [1.82, 2.24) is 0 Å². The van der Waals surface area contributed by atoms with Crippen LogP contribution < -0.4 is 0 Å². The molecule has 0 aliphatic carbocycles. The molecule has 1 N–H and O–H groups in total. The lowest BCUT2D eigenvalue weighted by Gasteiger charge is -2.07. The van der Waals surface area contributed by atoms with E-state index < -0.39 is 10.9 Å². The first-order valence-electron chi connectivity index (χ1n) is 6.19. The van der Waals surface area contributed by atoms with Crippen LogP contribution in [-0.2, 0) is 0 Å². The molecule has 6 nitrogen and oxygen atoms in total. The molecule has 0 fully saturated rings. The molecule has 2 aromatic rings. The number of nitro groups is 1. The summed E-state index contributed by atoms with van der Waals surface area (Å²) in [4.78, 5) is 33.8. The highest BCUT2D eigenvalue weighted by Gasteiger charge is 2.19. The van der Waals surface area contributed by atoms with Gasteiger partial charge in [-0.3, -0.25) is 14.9 Å². The minimum atomic E-state index is -1.11. The Morgan fingerprint density at radius 3 is 2.41 bits per heavy atom. The molecule has 112 valence electrons. The molecule has 0 aromatic heterocycles. The number of carbonyl (C=O) groups excluding carboxylic acids is 1. The van der Waals surface area contributed by atoms with Gasteiger partial charge in [-0.2, -0.15) is 0 Å². The summed E-state index contributed by atoms with van der Waals surface area (Å²) in [5.41, 5.74) is 0.0814. The lowest BCUT2D eigenvalue weighted by Crippen LogP contribution is -1.99. The Hall–Kier alpha value is -2.67. The largest absolute Gasteiger partial charge is 0.478 e. The van der Waals surface area contributed by atoms with Gasteiger partial charge < -0.3 is 5.11 Å². The predicted octanol–water partition coefficient (Wildman–Crippen LogP) is 3.65. The van der Waals surface area contributed by atoms with Crippen LogP contribution >= 0.6 is 11.8 Å². The van der Waals surface area contributed by atoms with Gasteiger partial charge in [-0.1, -0.05) is 23.9 Å². The molecule has 0 radical (unpaired) electrons. The number of Topliss-reactive ketones (excluding diaryl/α,β-unsaturated/α-hetero) is 1. The van der Waals surface area contributed by atoms with Crippen LogP contribution in [0.1, 0.15) is 27.6 Å². The van der Waals surface area contributed by atoms with Crippen molar-refractivity contribution in [2.24, 2.45) is 0 Å². The van der Waals surface area contributed by atoms with Crippen molar-refractivity contribution in [3.8, 4) is 0 Å². The first-order valence-corrected chi connectivity index (χ1v) is 7.01. The van der Waals surface area contributed by atoms with Crippen molar-refractivity contribution < 1.29 is 19.6 Å². The lowest BCUT2D eigenvalue weighted by molar-refractivity contribution is -0.387. The van der Waals surface area contributed by atoms with Crippen LogP contribution in [0.25, 0.3) is 0 Å². The summed E-state index contributed by atoms with van der Waals surface area (Å²) in [6.07, 6.45) is 0. The van der Waals surface area contributed by atoms with E-state index in [2.05, 4.69) is 0 Å². The van der Waals surface area contributed by atoms with E-state index in [1.165, 1.54) is 31.2 Å². The number of aromatic carboxylic acids is 1. The predicted molar refractivity (Wildman–Crippen MR) is 80.6 cm³/mol. The number of hydrogen-bond acceptors (Lipinski definition) is 5. The van der Waals surface area contributed by atoms with E-state index in [1.54, 1.807) is 18.2 Å². The number of ketones is 1. The maximum atomic E-state index is 11.3. The van der Waals surface area contributed by atoms with E-state index in [9.17, 15) is 19.7 Å². The van der Waals surface area contributed by atoms with E-state index in [0.717, 1.165) is 11.8 Å². The van der Waals surface area contributed by atoms with Crippen LogP contribution in [0.15, 0.2) is 52.3 Å². The zero-order chi connectivity index (χ0) is 16.3. The Balaban J connectivity index is 2.48. The van der Waals surface area contributed by atoms with Crippen molar-refractivity contribution >= 4 is 29.2 Å². The molecule has 0 aliphatic heterocycles. The fourth-order valence-corrected chi connectivity index (χ4v) is 2.84. The Labute approximate surface area is 129 Å². The molecule has 0 saturated carbocycles. The fourth-order valence-electron chi connectivity index (χ4n) is 1.82. The lowest BCUT2D eigenvalue weighted by atomic mass is 10.1. The Bertz CT molecular complexity index is 772. The minimum absolute atomic E-state index is 0.0671. The van der Waals surface area contributed by atoms with Gasteiger partial charge in [-0.05, 0) is 31.2 Å². The van der Waals surface area contributed by atoms with E-state index in [1.807, 2.05) is 0 Å². The van der Waals surface area contributed by atoms with Crippen molar-refractivity contribution in [3.63, 3.8) is 0 Å². The van der Waals surface area contributed by atoms with Crippen molar-refractivity contribution in [2.75, 3.05) is 0 Å². The van der Waals surface area contributed by atoms with Crippen molar-refractivity contribution in [1.29, 1.82) is 0 Å². The Morgan fingerprint density at radius 1 is 1.14 bits per heavy atom. The van der Waals surface area contributed by atoms with Gasteiger partial charge in [-0.25, -0.2) is 4.79 Å². The average molecular weight is 317 g/mol. The van der Waals surface area contributed by atoms with E-state index in [4.69, 9.17) is 5.11 Å². The van der Waals surface area contributed by atoms with Crippen LogP contribution in [0.2, 0.25) is 0 Å². The summed E-state index contributed by atoms with van der Waals surface area (Å²) in [6, 6.07) is 10.4. The van der Waals surface area contributed by atoms with Crippen LogP contribution in [0, 0.1) is 10.1 Å². The molecule has 2 aromatic carbocycles. The molecule has 0 aliphatic rings. The summed E-state index contributed by atoms with van der Waals surface area (Å²) in [6.45, 7) is 1.33. The molecule has 0 unspecified atom stereocenters. The SMILES string of the molecule is CC(=O)c1ccc(Sc2ccccc2C(=O)O)c([N+](=O)[O-])c1. The number of nitro benzene ring substituents is 1. The van der Waals surface area contributed by atoms with Crippen molar-refractivity contribution in [2.45, 2.75) is 16.7 Å². The van der Waals surface area contributed by atoms with Gasteiger partial charge in [0.05, 0.1) is 15.4 Å². The molecular weight excluding hydrogens is 306 g/mol. The number of benzene rings is 2. The normalized spacial score (nSPS) is 10.2. The second-order valence-corrected chi connectivity index (χ2v) is 5.48. The molecule has 0 heterocycles. The second kappa shape index (κ2) is 6.40. The molecule has 22 heavy (non-hydrogen) atoms. The maximum absolute atomic E-state index is 11.3. The van der Waals surface area contributed by atoms with Gasteiger partial charge in [0.2, 0.25) is 0 Å². The van der Waals surface area contributed by atoms with Gasteiger partial charge >= 0.3 is 5.97 Å². The van der Waals surface area contributed by atoms with E-state index in [0.29, 0.717) is 4.90 Å². The molecule has 0 spiro atoms. The smallest absolute Gasteiger partial charge is 0.336 e. The number of carboxylic acid groups (broad SMARTS) is 1. The Morgan fingerprint density at radius 2 is 1.82 bits per heavy atom. The van der Waals surface area contributed by atoms with Gasteiger partial charge in [-0.15, -0.1) is 0 Å². The molecule has 0 bridgehead atoms. The third-order valence-corrected chi connectivity index (χ3v) is 4.04. The average Bonchev–Trinajstić information content (AvgIpc) is 2.47. The van der Waals surface area contributed by atoms with Gasteiger partial charge in [0.15, 0.2) is 5.78 Å². The Kier molecular flexibility index (Phi) is 4.57. The van der Waals surface area contributed by atoms with Crippen molar-refractivity contribution in [3.05, 3.63) is 63.7 Å². The number of carbonyl (C=O) groups is 2. The fraction of sp³-hybridized carbons (Fsp3) is 0.0667. The summed E-state index contributed by atoms with van der Waals surface area (Å²) < 4.78 is 0.